The molecule has 39 heavy (non-hydrogen) atoms. The predicted octanol–water partition coefficient (Wildman–Crippen LogP) is 9.06. The Morgan fingerprint density at radius 3 is 2.21 bits per heavy atom. The van der Waals surface area contributed by atoms with Gasteiger partial charge in [0.15, 0.2) is 11.5 Å². The second-order valence-electron chi connectivity index (χ2n) is 10.5. The maximum atomic E-state index is 14.2. The number of rotatable bonds is 11. The number of methoxy groups -OCH3 is 1. The van der Waals surface area contributed by atoms with Crippen molar-refractivity contribution in [2.75, 3.05) is 23.5 Å². The number of carbonyl (C=O) groups is 1. The minimum atomic E-state index is -0.358. The third kappa shape index (κ3) is 6.19. The molecule has 2 amide bonds. The van der Waals surface area contributed by atoms with Gasteiger partial charge in [0.2, 0.25) is 0 Å². The van der Waals surface area contributed by atoms with Crippen LogP contribution in [0.15, 0.2) is 60.7 Å². The van der Waals surface area contributed by atoms with Gasteiger partial charge >= 0.3 is 6.03 Å². The number of hydrogen-bond acceptors (Lipinski definition) is 3. The maximum absolute atomic E-state index is 14.2. The van der Waals surface area contributed by atoms with Gasteiger partial charge in [0.05, 0.1) is 24.9 Å². The summed E-state index contributed by atoms with van der Waals surface area (Å²) >= 11 is 6.27. The van der Waals surface area contributed by atoms with E-state index < -0.39 is 0 Å². The monoisotopic (exact) mass is 548 g/mol. The first-order chi connectivity index (χ1) is 18.8. The third-order valence-electron chi connectivity index (χ3n) is 7.84. The molecule has 1 aliphatic heterocycles. The summed E-state index contributed by atoms with van der Waals surface area (Å²) in [6, 6.07) is 19.8. The van der Waals surface area contributed by atoms with Gasteiger partial charge in [0.25, 0.3) is 0 Å². The van der Waals surface area contributed by atoms with E-state index in [1.807, 2.05) is 60.0 Å². The molecule has 1 heterocycles. The lowest BCUT2D eigenvalue weighted by atomic mass is 9.91. The van der Waals surface area contributed by atoms with Crippen LogP contribution in [0.1, 0.15) is 76.6 Å². The minimum absolute atomic E-state index is 0.0255. The van der Waals surface area contributed by atoms with Gasteiger partial charge in [-0.05, 0) is 80.5 Å². The van der Waals surface area contributed by atoms with Crippen molar-refractivity contribution < 1.29 is 14.3 Å². The lowest BCUT2D eigenvalue weighted by Gasteiger charge is -2.43. The van der Waals surface area contributed by atoms with Gasteiger partial charge in [-0.2, -0.15) is 0 Å². The lowest BCUT2D eigenvalue weighted by Crippen LogP contribution is -2.50. The molecular weight excluding hydrogens is 508 g/mol. The summed E-state index contributed by atoms with van der Waals surface area (Å²) in [5, 5.41) is 0.657. The smallest absolute Gasteiger partial charge is 0.329 e. The lowest BCUT2D eigenvalue weighted by molar-refractivity contribution is 0.207. The molecule has 0 radical (unpaired) electrons. The van der Waals surface area contributed by atoms with Crippen molar-refractivity contribution in [3.05, 3.63) is 82.4 Å². The summed E-state index contributed by atoms with van der Waals surface area (Å²) in [5.41, 5.74) is 4.94. The highest BCUT2D eigenvalue weighted by molar-refractivity contribution is 6.30. The summed E-state index contributed by atoms with van der Waals surface area (Å²) in [7, 11) is 1.64. The predicted molar refractivity (Wildman–Crippen MR) is 162 cm³/mol. The number of anilines is 2. The Bertz CT molecular complexity index is 1260. The van der Waals surface area contributed by atoms with Crippen molar-refractivity contribution in [1.29, 1.82) is 0 Å². The molecule has 4 rings (SSSR count). The molecule has 0 aromatic heterocycles. The molecule has 0 saturated heterocycles. The number of carbonyl (C=O) groups excluding carboxylic acids is 1. The van der Waals surface area contributed by atoms with E-state index in [4.69, 9.17) is 21.1 Å². The zero-order chi connectivity index (χ0) is 28.1. The van der Waals surface area contributed by atoms with Crippen molar-refractivity contribution >= 4 is 29.0 Å². The van der Waals surface area contributed by atoms with Crippen molar-refractivity contribution in [2.45, 2.75) is 72.4 Å². The highest BCUT2D eigenvalue weighted by atomic mass is 35.5. The van der Waals surface area contributed by atoms with Crippen LogP contribution in [0.4, 0.5) is 16.2 Å². The van der Waals surface area contributed by atoms with E-state index in [0.717, 1.165) is 41.8 Å². The Morgan fingerprint density at radius 2 is 1.62 bits per heavy atom. The SMILES string of the molecule is CCC(C)CCc1ccc(N2C(=O)N(CC)c3cc(OC)c(OC(C)CC)cc3C2c2ccc(Cl)cc2)cc1. The molecule has 3 aromatic rings. The molecule has 0 N–H and O–H groups in total. The van der Waals surface area contributed by atoms with Gasteiger partial charge in [-0.15, -0.1) is 0 Å². The fourth-order valence-corrected chi connectivity index (χ4v) is 5.16. The van der Waals surface area contributed by atoms with Gasteiger partial charge in [0, 0.05) is 28.9 Å². The van der Waals surface area contributed by atoms with Gasteiger partial charge in [-0.1, -0.05) is 63.1 Å². The van der Waals surface area contributed by atoms with E-state index in [0.29, 0.717) is 29.0 Å². The number of aryl methyl sites for hydroxylation is 1. The molecular formula is C33H41ClN2O3. The zero-order valence-corrected chi connectivity index (χ0v) is 24.8. The Kier molecular flexibility index (Phi) is 9.45. The van der Waals surface area contributed by atoms with Crippen LogP contribution in [0, 0.1) is 5.92 Å². The van der Waals surface area contributed by atoms with E-state index in [1.165, 1.54) is 12.0 Å². The van der Waals surface area contributed by atoms with E-state index >= 15 is 0 Å². The second kappa shape index (κ2) is 12.8. The van der Waals surface area contributed by atoms with E-state index in [9.17, 15) is 4.79 Å². The Morgan fingerprint density at radius 1 is 0.923 bits per heavy atom. The molecule has 5 nitrogen and oxygen atoms in total. The van der Waals surface area contributed by atoms with Crippen LogP contribution >= 0.6 is 11.6 Å². The number of fused-ring (bicyclic) bond motifs is 1. The highest BCUT2D eigenvalue weighted by Crippen LogP contribution is 2.47. The fourth-order valence-electron chi connectivity index (χ4n) is 5.03. The first-order valence-electron chi connectivity index (χ1n) is 14.1. The molecule has 0 spiro atoms. The third-order valence-corrected chi connectivity index (χ3v) is 8.09. The van der Waals surface area contributed by atoms with Crippen LogP contribution in [0.2, 0.25) is 5.02 Å². The topological polar surface area (TPSA) is 42.0 Å². The van der Waals surface area contributed by atoms with Crippen molar-refractivity contribution in [3.8, 4) is 11.5 Å². The Balaban J connectivity index is 1.85. The minimum Gasteiger partial charge on any atom is -0.493 e. The maximum Gasteiger partial charge on any atom is 0.329 e. The molecule has 0 aliphatic carbocycles. The van der Waals surface area contributed by atoms with Gasteiger partial charge in [-0.25, -0.2) is 4.79 Å². The number of ether oxygens (including phenoxy) is 2. The first kappa shape index (κ1) is 28.8. The second-order valence-corrected chi connectivity index (χ2v) is 10.9. The summed E-state index contributed by atoms with van der Waals surface area (Å²) in [6.45, 7) is 11.2. The fraction of sp³-hybridized carbons (Fsp3) is 0.424. The number of nitrogens with zero attached hydrogens (tertiary/aromatic N) is 2. The molecule has 208 valence electrons. The van der Waals surface area contributed by atoms with Gasteiger partial charge in [-0.3, -0.25) is 9.80 Å². The first-order valence-corrected chi connectivity index (χ1v) is 14.5. The molecule has 1 aliphatic rings. The average Bonchev–Trinajstić information content (AvgIpc) is 2.96. The zero-order valence-electron chi connectivity index (χ0n) is 24.0. The van der Waals surface area contributed by atoms with E-state index in [2.05, 4.69) is 45.0 Å². The Labute approximate surface area is 238 Å². The standard InChI is InChI=1S/C33H41ClN2O3/c1-7-22(4)10-11-24-12-18-27(19-13-24)36-32(25-14-16-26(34)17-15-25)28-20-31(39-23(5)8-2)30(38-6)21-29(28)35(9-3)33(36)37/h12-23,32H,7-11H2,1-6H3. The number of hydrogen-bond donors (Lipinski definition) is 0. The molecule has 0 saturated carbocycles. The summed E-state index contributed by atoms with van der Waals surface area (Å²) in [5.74, 6) is 1.99. The highest BCUT2D eigenvalue weighted by Gasteiger charge is 2.40. The Hall–Kier alpha value is -3.18. The van der Waals surface area contributed by atoms with Crippen LogP contribution in [0.5, 0.6) is 11.5 Å². The van der Waals surface area contributed by atoms with Crippen LogP contribution < -0.4 is 19.3 Å². The van der Waals surface area contributed by atoms with Crippen LogP contribution in [-0.4, -0.2) is 25.8 Å². The summed E-state index contributed by atoms with van der Waals surface area (Å²) in [4.78, 5) is 17.9. The number of urea groups is 1. The van der Waals surface area contributed by atoms with E-state index in [-0.39, 0.29) is 18.2 Å². The van der Waals surface area contributed by atoms with Crippen LogP contribution in [0.3, 0.4) is 0 Å². The summed E-state index contributed by atoms with van der Waals surface area (Å²) in [6.07, 6.45) is 4.27. The number of amides is 2. The normalized spacial score (nSPS) is 16.6. The largest absolute Gasteiger partial charge is 0.493 e. The van der Waals surface area contributed by atoms with E-state index in [1.54, 1.807) is 7.11 Å². The molecule has 6 heteroatoms. The summed E-state index contributed by atoms with van der Waals surface area (Å²) < 4.78 is 12.0. The molecule has 3 aromatic carbocycles. The van der Waals surface area contributed by atoms with Crippen LogP contribution in [0.25, 0.3) is 0 Å². The quantitative estimate of drug-likeness (QED) is 0.240. The van der Waals surface area contributed by atoms with Crippen molar-refractivity contribution in [1.82, 2.24) is 0 Å². The van der Waals surface area contributed by atoms with Crippen molar-refractivity contribution in [2.24, 2.45) is 5.92 Å². The van der Waals surface area contributed by atoms with Gasteiger partial charge < -0.3 is 9.47 Å². The molecule has 0 bridgehead atoms. The number of benzene rings is 3. The average molecular weight is 549 g/mol. The molecule has 3 atom stereocenters. The van der Waals surface area contributed by atoms with Gasteiger partial charge in [0.1, 0.15) is 0 Å². The molecule has 0 fully saturated rings. The van der Waals surface area contributed by atoms with Crippen LogP contribution in [-0.2, 0) is 6.42 Å². The number of halogens is 1. The molecule has 3 unspecified atom stereocenters. The van der Waals surface area contributed by atoms with Crippen molar-refractivity contribution in [3.63, 3.8) is 0 Å².